The molecule has 11 heteroatoms. The van der Waals surface area contributed by atoms with E-state index in [0.29, 0.717) is 29.3 Å². The van der Waals surface area contributed by atoms with Crippen LogP contribution in [0.4, 0.5) is 10.1 Å². The van der Waals surface area contributed by atoms with Gasteiger partial charge < -0.3 is 9.30 Å². The van der Waals surface area contributed by atoms with Crippen molar-refractivity contribution in [2.75, 3.05) is 26.2 Å². The number of hydrogen-bond acceptors (Lipinski definition) is 5. The molecule has 2 fully saturated rings. The van der Waals surface area contributed by atoms with Crippen LogP contribution in [-0.2, 0) is 22.6 Å². The summed E-state index contributed by atoms with van der Waals surface area (Å²) >= 11 is 0. The lowest BCUT2D eigenvalue weighted by atomic mass is 10.1. The van der Waals surface area contributed by atoms with Crippen molar-refractivity contribution in [3.05, 3.63) is 63.6 Å². The Hall–Kier alpha value is -2.78. The largest absolute Gasteiger partial charge is 0.450 e. The standard InChI is InChI=1S/C22H22FN4O5P/c1-24-7-6-17-18(23)12-14(13-20(17)24)31-22-16-3-5-21(15(16)2-4-19(22)27(28)29)32-33(30,25-8-9-25)26-10-11-26/h2,4,6-7,12-13,21H,3,5,8-11H2,1H3/t21-/m1/s1. The minimum absolute atomic E-state index is 0.0878. The van der Waals surface area contributed by atoms with Crippen LogP contribution in [0.5, 0.6) is 11.5 Å². The van der Waals surface area contributed by atoms with Gasteiger partial charge in [0.2, 0.25) is 5.75 Å². The summed E-state index contributed by atoms with van der Waals surface area (Å²) in [5.41, 5.74) is 1.81. The van der Waals surface area contributed by atoms with E-state index in [4.69, 9.17) is 9.26 Å². The Balaban J connectivity index is 1.38. The minimum Gasteiger partial charge on any atom is -0.450 e. The zero-order chi connectivity index (χ0) is 22.9. The van der Waals surface area contributed by atoms with E-state index in [0.717, 1.165) is 31.7 Å². The molecule has 33 heavy (non-hydrogen) atoms. The third-order valence-electron chi connectivity index (χ3n) is 6.45. The number of nitro benzene ring substituents is 1. The number of hydrogen-bond donors (Lipinski definition) is 0. The van der Waals surface area contributed by atoms with Crippen LogP contribution < -0.4 is 4.74 Å². The van der Waals surface area contributed by atoms with E-state index in [2.05, 4.69) is 0 Å². The fourth-order valence-corrected chi connectivity index (χ4v) is 6.91. The quantitative estimate of drug-likeness (QED) is 0.212. The van der Waals surface area contributed by atoms with Crippen molar-refractivity contribution in [2.45, 2.75) is 18.9 Å². The molecule has 172 valence electrons. The van der Waals surface area contributed by atoms with E-state index in [1.54, 1.807) is 36.0 Å². The molecule has 0 unspecified atom stereocenters. The monoisotopic (exact) mass is 472 g/mol. The van der Waals surface area contributed by atoms with Gasteiger partial charge in [0, 0.05) is 68.6 Å². The highest BCUT2D eigenvalue weighted by Crippen LogP contribution is 2.64. The van der Waals surface area contributed by atoms with Crippen molar-refractivity contribution >= 4 is 24.3 Å². The first kappa shape index (κ1) is 20.8. The first-order valence-corrected chi connectivity index (χ1v) is 12.4. The smallest absolute Gasteiger partial charge is 0.346 e. The maximum absolute atomic E-state index is 14.6. The van der Waals surface area contributed by atoms with Crippen LogP contribution in [-0.4, -0.2) is 45.0 Å². The van der Waals surface area contributed by atoms with Crippen LogP contribution in [0.15, 0.2) is 36.5 Å². The van der Waals surface area contributed by atoms with Crippen molar-refractivity contribution in [1.29, 1.82) is 0 Å². The lowest BCUT2D eigenvalue weighted by Crippen LogP contribution is -2.11. The molecule has 0 N–H and O–H groups in total. The van der Waals surface area contributed by atoms with E-state index in [1.807, 2.05) is 9.34 Å². The molecule has 0 saturated carbocycles. The fourth-order valence-electron chi connectivity index (χ4n) is 4.54. The number of fused-ring (bicyclic) bond motifs is 2. The Morgan fingerprint density at radius 3 is 2.55 bits per heavy atom. The van der Waals surface area contributed by atoms with Gasteiger partial charge >= 0.3 is 13.4 Å². The number of nitrogens with zero attached hydrogens (tertiary/aromatic N) is 4. The maximum atomic E-state index is 14.6. The summed E-state index contributed by atoms with van der Waals surface area (Å²) in [7, 11) is -1.26. The predicted molar refractivity (Wildman–Crippen MR) is 119 cm³/mol. The highest BCUT2D eigenvalue weighted by molar-refractivity contribution is 7.54. The summed E-state index contributed by atoms with van der Waals surface area (Å²) in [4.78, 5) is 11.3. The van der Waals surface area contributed by atoms with Gasteiger partial charge in [0.05, 0.1) is 16.5 Å². The van der Waals surface area contributed by atoms with Crippen molar-refractivity contribution in [3.8, 4) is 11.5 Å². The lowest BCUT2D eigenvalue weighted by molar-refractivity contribution is -0.385. The topological polar surface area (TPSA) is 89.6 Å². The first-order valence-electron chi connectivity index (χ1n) is 10.9. The SMILES string of the molecule is Cn1ccc2c(F)cc(Oc3c([N+](=O)[O-])ccc4c3CC[C@H]4OP(=O)(N3CC3)N3CC3)cc21. The van der Waals surface area contributed by atoms with E-state index in [1.165, 1.54) is 12.1 Å². The predicted octanol–water partition coefficient (Wildman–Crippen LogP) is 4.76. The lowest BCUT2D eigenvalue weighted by Gasteiger charge is -2.24. The molecule has 0 radical (unpaired) electrons. The molecule has 3 heterocycles. The normalized spacial score (nSPS) is 20.2. The van der Waals surface area contributed by atoms with Crippen molar-refractivity contribution in [2.24, 2.45) is 7.05 Å². The summed E-state index contributed by atoms with van der Waals surface area (Å²) < 4.78 is 45.7. The average molecular weight is 472 g/mol. The highest BCUT2D eigenvalue weighted by Gasteiger charge is 2.51. The Labute approximate surface area is 189 Å². The molecule has 1 aromatic heterocycles. The van der Waals surface area contributed by atoms with Crippen LogP contribution in [0.1, 0.15) is 23.7 Å². The molecule has 2 aromatic carbocycles. The van der Waals surface area contributed by atoms with Gasteiger partial charge in [0.15, 0.2) is 0 Å². The van der Waals surface area contributed by atoms with Gasteiger partial charge in [-0.15, -0.1) is 0 Å². The zero-order valence-corrected chi connectivity index (χ0v) is 18.8. The Morgan fingerprint density at radius 1 is 1.15 bits per heavy atom. The number of aryl methyl sites for hydroxylation is 1. The summed E-state index contributed by atoms with van der Waals surface area (Å²) in [5, 5.41) is 12.2. The van der Waals surface area contributed by atoms with Crippen molar-refractivity contribution in [1.82, 2.24) is 13.9 Å². The van der Waals surface area contributed by atoms with Gasteiger partial charge in [0.1, 0.15) is 11.6 Å². The van der Waals surface area contributed by atoms with E-state index < -0.39 is 24.5 Å². The molecule has 9 nitrogen and oxygen atoms in total. The van der Waals surface area contributed by atoms with Crippen LogP contribution >= 0.6 is 7.67 Å². The number of halogens is 1. The Bertz CT molecular complexity index is 1330. The summed E-state index contributed by atoms with van der Waals surface area (Å²) in [5.74, 6) is -0.191. The molecule has 0 bridgehead atoms. The van der Waals surface area contributed by atoms with Crippen LogP contribution in [0.25, 0.3) is 10.9 Å². The number of nitro groups is 1. The minimum atomic E-state index is -3.05. The van der Waals surface area contributed by atoms with Gasteiger partial charge in [0.25, 0.3) is 0 Å². The molecule has 0 spiro atoms. The van der Waals surface area contributed by atoms with Crippen LogP contribution in [0.3, 0.4) is 0 Å². The molecule has 6 rings (SSSR count). The molecule has 2 saturated heterocycles. The second-order valence-corrected chi connectivity index (χ2v) is 11.0. The van der Waals surface area contributed by atoms with E-state index >= 15 is 0 Å². The average Bonchev–Trinajstić information content (AvgIpc) is 3.70. The third-order valence-corrected chi connectivity index (χ3v) is 9.21. The van der Waals surface area contributed by atoms with Gasteiger partial charge in [-0.3, -0.25) is 19.2 Å². The molecular formula is C22H22FN4O5P. The summed E-state index contributed by atoms with van der Waals surface area (Å²) in [6.07, 6.45) is 2.32. The highest BCUT2D eigenvalue weighted by atomic mass is 31.2. The number of rotatable bonds is 7. The van der Waals surface area contributed by atoms with Gasteiger partial charge in [-0.25, -0.2) is 13.7 Å². The molecular weight excluding hydrogens is 450 g/mol. The first-order chi connectivity index (χ1) is 15.8. The van der Waals surface area contributed by atoms with Crippen LogP contribution in [0, 0.1) is 15.9 Å². The van der Waals surface area contributed by atoms with E-state index in [9.17, 15) is 19.1 Å². The van der Waals surface area contributed by atoms with Gasteiger partial charge in [-0.05, 0) is 30.5 Å². The van der Waals surface area contributed by atoms with Crippen LogP contribution in [0.2, 0.25) is 0 Å². The van der Waals surface area contributed by atoms with Gasteiger partial charge in [-0.2, -0.15) is 0 Å². The Kier molecular flexibility index (Phi) is 4.64. The second-order valence-electron chi connectivity index (χ2n) is 8.64. The zero-order valence-electron chi connectivity index (χ0n) is 17.9. The van der Waals surface area contributed by atoms with Crippen molar-refractivity contribution < 1.29 is 23.1 Å². The maximum Gasteiger partial charge on any atom is 0.346 e. The number of aromatic nitrogens is 1. The van der Waals surface area contributed by atoms with E-state index in [-0.39, 0.29) is 17.2 Å². The second kappa shape index (κ2) is 7.36. The van der Waals surface area contributed by atoms with Gasteiger partial charge in [-0.1, -0.05) is 0 Å². The molecule has 1 atom stereocenters. The molecule has 0 amide bonds. The number of ether oxygens (including phenoxy) is 1. The number of benzene rings is 2. The Morgan fingerprint density at radius 2 is 1.88 bits per heavy atom. The third kappa shape index (κ3) is 3.45. The van der Waals surface area contributed by atoms with Crippen molar-refractivity contribution in [3.63, 3.8) is 0 Å². The molecule has 3 aliphatic rings. The molecule has 3 aromatic rings. The fraction of sp³-hybridized carbons (Fsp3) is 0.364. The molecule has 1 aliphatic carbocycles. The summed E-state index contributed by atoms with van der Waals surface area (Å²) in [6, 6.07) is 7.62. The summed E-state index contributed by atoms with van der Waals surface area (Å²) in [6.45, 7) is 2.98. The molecule has 2 aliphatic heterocycles.